The van der Waals surface area contributed by atoms with Crippen LogP contribution in [-0.4, -0.2) is 43.2 Å². The van der Waals surface area contributed by atoms with Crippen molar-refractivity contribution >= 4 is 16.5 Å². The van der Waals surface area contributed by atoms with Gasteiger partial charge in [-0.15, -0.1) is 11.3 Å². The number of piperidine rings is 1. The number of aromatic nitrogens is 1. The predicted molar refractivity (Wildman–Crippen MR) is 80.8 cm³/mol. The molecule has 1 fully saturated rings. The van der Waals surface area contributed by atoms with E-state index in [2.05, 4.69) is 22.1 Å². The number of methoxy groups -OCH3 is 1. The highest BCUT2D eigenvalue weighted by atomic mass is 32.1. The van der Waals surface area contributed by atoms with E-state index in [-0.39, 0.29) is 0 Å². The van der Waals surface area contributed by atoms with Gasteiger partial charge < -0.3 is 10.1 Å². The van der Waals surface area contributed by atoms with Crippen molar-refractivity contribution in [2.75, 3.05) is 38.7 Å². The molecular formula is C14H25N3OS. The number of ether oxygens (including phenoxy) is 1. The fraction of sp³-hybridized carbons (Fsp3) is 0.786. The van der Waals surface area contributed by atoms with Gasteiger partial charge >= 0.3 is 0 Å². The van der Waals surface area contributed by atoms with Gasteiger partial charge in [-0.2, -0.15) is 0 Å². The van der Waals surface area contributed by atoms with Gasteiger partial charge in [0, 0.05) is 37.8 Å². The van der Waals surface area contributed by atoms with E-state index in [0.29, 0.717) is 5.92 Å². The summed E-state index contributed by atoms with van der Waals surface area (Å²) in [5.41, 5.74) is 0. The molecule has 1 atom stereocenters. The van der Waals surface area contributed by atoms with Crippen LogP contribution in [0.5, 0.6) is 0 Å². The lowest BCUT2D eigenvalue weighted by molar-refractivity contribution is 0.0878. The van der Waals surface area contributed by atoms with E-state index in [1.54, 1.807) is 18.4 Å². The van der Waals surface area contributed by atoms with Crippen molar-refractivity contribution in [1.29, 1.82) is 0 Å². The van der Waals surface area contributed by atoms with Crippen LogP contribution in [0.1, 0.15) is 31.1 Å². The van der Waals surface area contributed by atoms with Crippen LogP contribution in [0.25, 0.3) is 0 Å². The summed E-state index contributed by atoms with van der Waals surface area (Å²) >= 11 is 1.79. The zero-order chi connectivity index (χ0) is 13.5. The van der Waals surface area contributed by atoms with Gasteiger partial charge in [0.05, 0.1) is 6.61 Å². The summed E-state index contributed by atoms with van der Waals surface area (Å²) in [4.78, 5) is 8.32. The first-order chi connectivity index (χ1) is 9.31. The summed E-state index contributed by atoms with van der Waals surface area (Å²) in [6, 6.07) is 0. The van der Waals surface area contributed by atoms with Crippen LogP contribution in [0.15, 0.2) is 6.20 Å². The molecule has 1 aromatic rings. The number of hydrogen-bond donors (Lipinski definition) is 1. The predicted octanol–water partition coefficient (Wildman–Crippen LogP) is 2.82. The van der Waals surface area contributed by atoms with Gasteiger partial charge in [0.2, 0.25) is 0 Å². The Morgan fingerprint density at radius 1 is 1.58 bits per heavy atom. The van der Waals surface area contributed by atoms with Crippen LogP contribution in [0.4, 0.5) is 5.13 Å². The van der Waals surface area contributed by atoms with Crippen LogP contribution in [0.3, 0.4) is 0 Å². The summed E-state index contributed by atoms with van der Waals surface area (Å²) in [7, 11) is 1.80. The Morgan fingerprint density at radius 2 is 2.47 bits per heavy atom. The molecule has 0 spiro atoms. The van der Waals surface area contributed by atoms with Crippen LogP contribution >= 0.6 is 11.3 Å². The normalized spacial score (nSPS) is 20.6. The smallest absolute Gasteiger partial charge is 0.182 e. The van der Waals surface area contributed by atoms with Gasteiger partial charge in [0.15, 0.2) is 5.13 Å². The lowest BCUT2D eigenvalue weighted by Gasteiger charge is -2.31. The second kappa shape index (κ2) is 7.82. The largest absolute Gasteiger partial charge is 0.384 e. The fourth-order valence-corrected chi connectivity index (χ4v) is 3.46. The Labute approximate surface area is 120 Å². The van der Waals surface area contributed by atoms with Crippen molar-refractivity contribution in [3.05, 3.63) is 11.1 Å². The fourth-order valence-electron chi connectivity index (χ4n) is 2.58. The highest BCUT2D eigenvalue weighted by Crippen LogP contribution is 2.23. The van der Waals surface area contributed by atoms with Gasteiger partial charge in [0.1, 0.15) is 0 Å². The van der Waals surface area contributed by atoms with Gasteiger partial charge in [0.25, 0.3) is 0 Å². The first kappa shape index (κ1) is 14.8. The Morgan fingerprint density at radius 3 is 3.26 bits per heavy atom. The molecule has 19 heavy (non-hydrogen) atoms. The van der Waals surface area contributed by atoms with Crippen molar-refractivity contribution in [1.82, 2.24) is 9.88 Å². The standard InChI is InChI=1S/C14H25N3OS/c1-3-6-15-14-16-8-13(19-14)10-17-7-4-5-12(9-17)11-18-2/h8,12H,3-7,9-11H2,1-2H3,(H,15,16). The number of thiazole rings is 1. The zero-order valence-corrected chi connectivity index (χ0v) is 12.8. The number of nitrogens with zero attached hydrogens (tertiary/aromatic N) is 2. The Bertz CT molecular complexity index is 367. The van der Waals surface area contributed by atoms with Crippen LogP contribution in [-0.2, 0) is 11.3 Å². The number of nitrogens with one attached hydrogen (secondary N) is 1. The third kappa shape index (κ3) is 4.75. The Hall–Kier alpha value is -0.650. The zero-order valence-electron chi connectivity index (χ0n) is 12.0. The number of anilines is 1. The molecule has 1 N–H and O–H groups in total. The lowest BCUT2D eigenvalue weighted by atomic mass is 9.99. The Balaban J connectivity index is 1.81. The highest BCUT2D eigenvalue weighted by molar-refractivity contribution is 7.15. The van der Waals surface area contributed by atoms with Gasteiger partial charge in [-0.1, -0.05) is 6.92 Å². The van der Waals surface area contributed by atoms with Crippen LogP contribution in [0.2, 0.25) is 0 Å². The molecule has 0 aliphatic carbocycles. The van der Waals surface area contributed by atoms with E-state index < -0.39 is 0 Å². The SMILES string of the molecule is CCCNc1ncc(CN2CCCC(COC)C2)s1. The maximum atomic E-state index is 5.28. The maximum Gasteiger partial charge on any atom is 0.182 e. The van der Waals surface area contributed by atoms with Crippen molar-refractivity contribution in [2.24, 2.45) is 5.92 Å². The topological polar surface area (TPSA) is 37.4 Å². The molecule has 4 nitrogen and oxygen atoms in total. The minimum Gasteiger partial charge on any atom is -0.384 e. The van der Waals surface area contributed by atoms with Gasteiger partial charge in [-0.05, 0) is 31.7 Å². The average molecular weight is 283 g/mol. The van der Waals surface area contributed by atoms with E-state index in [9.17, 15) is 0 Å². The molecule has 0 aromatic carbocycles. The third-order valence-electron chi connectivity index (χ3n) is 3.46. The first-order valence-corrected chi connectivity index (χ1v) is 8.03. The quantitative estimate of drug-likeness (QED) is 0.835. The van der Waals surface area contributed by atoms with Gasteiger partial charge in [-0.25, -0.2) is 4.98 Å². The van der Waals surface area contributed by atoms with Crippen molar-refractivity contribution in [2.45, 2.75) is 32.7 Å². The summed E-state index contributed by atoms with van der Waals surface area (Å²) in [5.74, 6) is 0.698. The van der Waals surface area contributed by atoms with E-state index in [4.69, 9.17) is 4.74 Å². The summed E-state index contributed by atoms with van der Waals surface area (Å²) in [6.07, 6.45) is 5.74. The minimum atomic E-state index is 0.698. The molecule has 1 aliphatic rings. The molecule has 1 aromatic heterocycles. The summed E-state index contributed by atoms with van der Waals surface area (Å²) in [6.45, 7) is 7.46. The van der Waals surface area contributed by atoms with Crippen molar-refractivity contribution < 1.29 is 4.74 Å². The molecule has 0 saturated carbocycles. The molecule has 108 valence electrons. The van der Waals surface area contributed by atoms with Gasteiger partial charge in [-0.3, -0.25) is 4.90 Å². The third-order valence-corrected chi connectivity index (χ3v) is 4.40. The van der Waals surface area contributed by atoms with Crippen LogP contribution < -0.4 is 5.32 Å². The first-order valence-electron chi connectivity index (χ1n) is 7.21. The lowest BCUT2D eigenvalue weighted by Crippen LogP contribution is -2.36. The number of rotatable bonds is 7. The van der Waals surface area contributed by atoms with E-state index >= 15 is 0 Å². The van der Waals surface area contributed by atoms with Crippen LogP contribution in [0, 0.1) is 5.92 Å². The molecule has 5 heteroatoms. The molecule has 2 rings (SSSR count). The van der Waals surface area contributed by atoms with Crippen molar-refractivity contribution in [3.8, 4) is 0 Å². The summed E-state index contributed by atoms with van der Waals surface area (Å²) < 4.78 is 5.28. The number of hydrogen-bond acceptors (Lipinski definition) is 5. The van der Waals surface area contributed by atoms with E-state index in [1.165, 1.54) is 24.3 Å². The van der Waals surface area contributed by atoms with E-state index in [0.717, 1.165) is 37.8 Å². The molecule has 1 saturated heterocycles. The average Bonchev–Trinajstić information content (AvgIpc) is 2.85. The molecule has 1 aliphatic heterocycles. The van der Waals surface area contributed by atoms with Crippen molar-refractivity contribution in [3.63, 3.8) is 0 Å². The van der Waals surface area contributed by atoms with E-state index in [1.807, 2.05) is 6.20 Å². The number of likely N-dealkylation sites (tertiary alicyclic amines) is 1. The molecule has 0 radical (unpaired) electrons. The summed E-state index contributed by atoms with van der Waals surface area (Å²) in [5, 5.41) is 4.41. The molecule has 1 unspecified atom stereocenters. The maximum absolute atomic E-state index is 5.28. The monoisotopic (exact) mass is 283 g/mol. The molecule has 0 amide bonds. The molecule has 0 bridgehead atoms. The highest BCUT2D eigenvalue weighted by Gasteiger charge is 2.20. The second-order valence-corrected chi connectivity index (χ2v) is 6.37. The minimum absolute atomic E-state index is 0.698. The molecule has 2 heterocycles. The second-order valence-electron chi connectivity index (χ2n) is 5.26. The Kier molecular flexibility index (Phi) is 6.07. The molecular weight excluding hydrogens is 258 g/mol.